The molecular weight excluding hydrogens is 568 g/mol. The van der Waals surface area contributed by atoms with Crippen molar-refractivity contribution in [1.29, 1.82) is 0 Å². The van der Waals surface area contributed by atoms with Gasteiger partial charge in [-0.2, -0.15) is 0 Å². The number of carbonyl (C=O) groups excluding carboxylic acids is 2. The highest BCUT2D eigenvalue weighted by Crippen LogP contribution is 2.44. The zero-order valence-electron chi connectivity index (χ0n) is 24.2. The average molecular weight is 607 g/mol. The maximum atomic E-state index is 13.9. The molecule has 1 aromatic carbocycles. The van der Waals surface area contributed by atoms with Gasteiger partial charge in [0.25, 0.3) is 0 Å². The van der Waals surface area contributed by atoms with Gasteiger partial charge in [-0.1, -0.05) is 37.1 Å². The van der Waals surface area contributed by atoms with Crippen molar-refractivity contribution in [1.82, 2.24) is 4.98 Å². The molecule has 9 atom stereocenters. The summed E-state index contributed by atoms with van der Waals surface area (Å²) in [6.45, 7) is -0.646. The molecule has 0 spiro atoms. The van der Waals surface area contributed by atoms with Crippen molar-refractivity contribution < 1.29 is 44.6 Å². The highest BCUT2D eigenvalue weighted by molar-refractivity contribution is 6.19. The predicted octanol–water partition coefficient (Wildman–Crippen LogP) is 2.27. The third-order valence-corrected chi connectivity index (χ3v) is 9.53. The van der Waals surface area contributed by atoms with Gasteiger partial charge in [-0.15, -0.1) is 0 Å². The molecule has 2 aromatic rings. The predicted molar refractivity (Wildman–Crippen MR) is 158 cm³/mol. The second-order valence-electron chi connectivity index (χ2n) is 12.3. The molecule has 11 heteroatoms. The number of aliphatic hydroxyl groups is 5. The Morgan fingerprint density at radius 1 is 0.955 bits per heavy atom. The number of pyridine rings is 1. The van der Waals surface area contributed by atoms with E-state index in [1.54, 1.807) is 6.08 Å². The molecule has 1 saturated heterocycles. The number of benzene rings is 1. The molecule has 2 heterocycles. The van der Waals surface area contributed by atoms with E-state index in [0.717, 1.165) is 43.2 Å². The molecule has 1 aromatic heterocycles. The number of ether oxygens (including phenoxy) is 2. The summed E-state index contributed by atoms with van der Waals surface area (Å²) in [4.78, 5) is 31.9. The second-order valence-corrected chi connectivity index (χ2v) is 12.3. The Labute approximate surface area is 254 Å². The van der Waals surface area contributed by atoms with Crippen LogP contribution in [0.15, 0.2) is 60.0 Å². The summed E-state index contributed by atoms with van der Waals surface area (Å²) in [5.41, 5.74) is 7.77. The van der Waals surface area contributed by atoms with Crippen molar-refractivity contribution >= 4 is 17.4 Å². The van der Waals surface area contributed by atoms with Gasteiger partial charge in [0.05, 0.1) is 24.0 Å². The highest BCUT2D eigenvalue weighted by Gasteiger charge is 2.48. The summed E-state index contributed by atoms with van der Waals surface area (Å²) < 4.78 is 11.2. The van der Waals surface area contributed by atoms with E-state index in [1.807, 2.05) is 24.4 Å². The highest BCUT2D eigenvalue weighted by atomic mass is 16.7. The van der Waals surface area contributed by atoms with E-state index in [9.17, 15) is 35.1 Å². The van der Waals surface area contributed by atoms with E-state index >= 15 is 0 Å². The number of anilines is 1. The lowest BCUT2D eigenvalue weighted by Crippen LogP contribution is -2.60. The molecule has 9 unspecified atom stereocenters. The quantitative estimate of drug-likeness (QED) is 0.271. The SMILES string of the molecule is Nc1ccc(CC2CCCCC2CC2=CC3C(=O)c4cccc(OC5OC(CO)C(O)C(O)C5O)c4C(=O)C3C(O)=C2)cn1. The third kappa shape index (κ3) is 5.66. The maximum Gasteiger partial charge on any atom is 0.229 e. The van der Waals surface area contributed by atoms with Gasteiger partial charge in [0.1, 0.15) is 41.7 Å². The van der Waals surface area contributed by atoms with Crippen LogP contribution in [0.25, 0.3) is 0 Å². The first-order valence-corrected chi connectivity index (χ1v) is 15.2. The Balaban J connectivity index is 1.23. The number of aliphatic hydroxyl groups excluding tert-OH is 5. The van der Waals surface area contributed by atoms with Crippen LogP contribution in [0.4, 0.5) is 5.82 Å². The number of carbonyl (C=O) groups is 2. The van der Waals surface area contributed by atoms with Gasteiger partial charge in [0, 0.05) is 11.8 Å². The van der Waals surface area contributed by atoms with E-state index in [1.165, 1.54) is 18.2 Å². The van der Waals surface area contributed by atoms with Crippen LogP contribution >= 0.6 is 0 Å². The van der Waals surface area contributed by atoms with Crippen molar-refractivity contribution in [3.05, 3.63) is 76.7 Å². The Kier molecular flexibility index (Phi) is 8.58. The number of allylic oxidation sites excluding steroid dienone is 4. The summed E-state index contributed by atoms with van der Waals surface area (Å²) in [5, 5.41) is 51.4. The van der Waals surface area contributed by atoms with Crippen LogP contribution in [0.1, 0.15) is 58.4 Å². The van der Waals surface area contributed by atoms with Crippen molar-refractivity contribution in [3.8, 4) is 5.75 Å². The largest absolute Gasteiger partial charge is 0.511 e. The number of hydrogen-bond acceptors (Lipinski definition) is 11. The molecule has 7 N–H and O–H groups in total. The van der Waals surface area contributed by atoms with Gasteiger partial charge in [-0.25, -0.2) is 4.98 Å². The van der Waals surface area contributed by atoms with Gasteiger partial charge in [-0.3, -0.25) is 9.59 Å². The van der Waals surface area contributed by atoms with E-state index in [4.69, 9.17) is 15.2 Å². The number of nitrogen functional groups attached to an aromatic ring is 1. The van der Waals surface area contributed by atoms with E-state index in [-0.39, 0.29) is 28.4 Å². The Hall–Kier alpha value is -3.61. The molecule has 0 bridgehead atoms. The van der Waals surface area contributed by atoms with Gasteiger partial charge in [0.2, 0.25) is 6.29 Å². The number of ketones is 2. The monoisotopic (exact) mass is 606 g/mol. The minimum absolute atomic E-state index is 0.0584. The fraction of sp³-hybridized carbons (Fsp3) is 0.485. The molecule has 234 valence electrons. The van der Waals surface area contributed by atoms with Gasteiger partial charge < -0.3 is 40.7 Å². The van der Waals surface area contributed by atoms with Crippen molar-refractivity contribution in [2.24, 2.45) is 23.7 Å². The van der Waals surface area contributed by atoms with Crippen LogP contribution in [-0.4, -0.2) is 79.4 Å². The number of Topliss-reactive ketones (excluding diaryl/α,β-unsaturated/α-hetero) is 2. The Morgan fingerprint density at radius 2 is 1.70 bits per heavy atom. The lowest BCUT2D eigenvalue weighted by molar-refractivity contribution is -0.277. The number of fused-ring (bicyclic) bond motifs is 2. The third-order valence-electron chi connectivity index (χ3n) is 9.53. The Bertz CT molecular complexity index is 1470. The standard InChI is InChI=1S/C33H38N2O9/c34-25-9-8-16(14-35-25)10-18-4-1-2-5-19(18)11-17-12-21-26(22(37)13-17)30(40)27-20(28(21)38)6-3-7-23(27)43-33-32(42)31(41)29(39)24(15-36)44-33/h3,6-9,12-14,18-19,21,24,26,29,31-33,36-37,39,41-42H,1-2,4-5,10-11,15H2,(H2,34,35). The van der Waals surface area contributed by atoms with Crippen molar-refractivity contribution in [2.45, 2.75) is 69.2 Å². The molecule has 0 radical (unpaired) electrons. The minimum Gasteiger partial charge on any atom is -0.511 e. The lowest BCUT2D eigenvalue weighted by Gasteiger charge is -2.40. The topological polar surface area (TPSA) is 193 Å². The van der Waals surface area contributed by atoms with E-state index in [0.29, 0.717) is 24.1 Å². The van der Waals surface area contributed by atoms with Crippen LogP contribution in [0, 0.1) is 23.7 Å². The van der Waals surface area contributed by atoms with Crippen LogP contribution < -0.4 is 10.5 Å². The van der Waals surface area contributed by atoms with Gasteiger partial charge in [0.15, 0.2) is 11.6 Å². The molecule has 0 amide bonds. The van der Waals surface area contributed by atoms with E-state index in [2.05, 4.69) is 4.98 Å². The number of rotatable bonds is 7. The van der Waals surface area contributed by atoms with Crippen LogP contribution in [-0.2, 0) is 11.2 Å². The number of nitrogens with two attached hydrogens (primary N) is 1. The summed E-state index contributed by atoms with van der Waals surface area (Å²) in [7, 11) is 0. The van der Waals surface area contributed by atoms with Crippen molar-refractivity contribution in [2.75, 3.05) is 12.3 Å². The summed E-state index contributed by atoms with van der Waals surface area (Å²) in [5.74, 6) is -1.88. The number of hydrogen-bond donors (Lipinski definition) is 6. The fourth-order valence-electron chi connectivity index (χ4n) is 7.19. The second kappa shape index (κ2) is 12.4. The summed E-state index contributed by atoms with van der Waals surface area (Å²) >= 11 is 0. The molecule has 1 saturated carbocycles. The van der Waals surface area contributed by atoms with Crippen molar-refractivity contribution in [3.63, 3.8) is 0 Å². The average Bonchev–Trinajstić information content (AvgIpc) is 3.02. The minimum atomic E-state index is -1.70. The smallest absolute Gasteiger partial charge is 0.229 e. The van der Waals surface area contributed by atoms with Gasteiger partial charge in [-0.05, 0) is 66.9 Å². The molecule has 1 aliphatic heterocycles. The lowest BCUT2D eigenvalue weighted by atomic mass is 9.68. The normalized spacial score (nSPS) is 33.6. The number of aromatic nitrogens is 1. The molecule has 6 rings (SSSR count). The Morgan fingerprint density at radius 3 is 2.41 bits per heavy atom. The molecular formula is C33H38N2O9. The maximum absolute atomic E-state index is 13.9. The van der Waals surface area contributed by atoms with Crippen LogP contribution in [0.3, 0.4) is 0 Å². The van der Waals surface area contributed by atoms with Crippen LogP contribution in [0.2, 0.25) is 0 Å². The summed E-state index contributed by atoms with van der Waals surface area (Å²) in [6.07, 6.45) is 3.45. The molecule has 2 fully saturated rings. The molecule has 3 aliphatic carbocycles. The zero-order chi connectivity index (χ0) is 31.1. The van der Waals surface area contributed by atoms with Gasteiger partial charge >= 0.3 is 0 Å². The first kappa shape index (κ1) is 30.4. The number of nitrogens with zero attached hydrogens (tertiary/aromatic N) is 1. The molecule has 4 aliphatic rings. The summed E-state index contributed by atoms with van der Waals surface area (Å²) in [6, 6.07) is 8.29. The first-order valence-electron chi connectivity index (χ1n) is 15.2. The fourth-order valence-corrected chi connectivity index (χ4v) is 7.19. The molecule has 11 nitrogen and oxygen atoms in total. The van der Waals surface area contributed by atoms with Crippen LogP contribution in [0.5, 0.6) is 5.75 Å². The van der Waals surface area contributed by atoms with E-state index < -0.39 is 54.9 Å². The molecule has 44 heavy (non-hydrogen) atoms. The zero-order valence-corrected chi connectivity index (χ0v) is 24.2. The first-order chi connectivity index (χ1) is 21.2.